The number of nitrogens with zero attached hydrogens (tertiary/aromatic N) is 2. The van der Waals surface area contributed by atoms with E-state index in [9.17, 15) is 0 Å². The first kappa shape index (κ1) is 20.8. The first-order chi connectivity index (χ1) is 12.8. The monoisotopic (exact) mass is 365 g/mol. The lowest BCUT2D eigenvalue weighted by molar-refractivity contribution is 0.00989. The zero-order valence-electron chi connectivity index (χ0n) is 16.4. The Morgan fingerprint density at radius 3 is 2.85 bits per heavy atom. The molecular weight excluding hydrogens is 330 g/mol. The van der Waals surface area contributed by atoms with E-state index in [1.54, 1.807) is 13.4 Å². The normalized spacial score (nSPS) is 16.2. The molecule has 1 N–H and O–H groups in total. The number of ether oxygens (including phenoxy) is 2. The molecule has 0 bridgehead atoms. The van der Waals surface area contributed by atoms with Crippen LogP contribution in [0.15, 0.2) is 27.8 Å². The number of likely N-dealkylation sites (tertiary alicyclic amines) is 1. The molecule has 0 radical (unpaired) electrons. The average Bonchev–Trinajstić information content (AvgIpc) is 3.18. The highest BCUT2D eigenvalue weighted by Gasteiger charge is 2.22. The number of methoxy groups -OCH3 is 1. The number of rotatable bonds is 11. The Morgan fingerprint density at radius 2 is 2.15 bits per heavy atom. The Hall–Kier alpha value is -1.53. The molecule has 2 heterocycles. The average molecular weight is 366 g/mol. The Labute approximate surface area is 157 Å². The summed E-state index contributed by atoms with van der Waals surface area (Å²) in [7, 11) is 1.73. The molecule has 0 spiro atoms. The molecule has 0 saturated carbocycles. The van der Waals surface area contributed by atoms with Gasteiger partial charge >= 0.3 is 0 Å². The number of hydrogen-bond donors (Lipinski definition) is 1. The Kier molecular flexibility index (Phi) is 10.2. The van der Waals surface area contributed by atoms with Crippen molar-refractivity contribution in [2.45, 2.75) is 51.6 Å². The van der Waals surface area contributed by atoms with Gasteiger partial charge in [0.25, 0.3) is 0 Å². The largest absolute Gasteiger partial charge is 0.469 e. The van der Waals surface area contributed by atoms with E-state index >= 15 is 0 Å². The number of guanidine groups is 1. The van der Waals surface area contributed by atoms with Gasteiger partial charge in [0.15, 0.2) is 5.96 Å². The third kappa shape index (κ3) is 7.79. The van der Waals surface area contributed by atoms with E-state index < -0.39 is 0 Å². The maximum absolute atomic E-state index is 5.96. The smallest absolute Gasteiger partial charge is 0.193 e. The van der Waals surface area contributed by atoms with Crippen molar-refractivity contribution >= 4 is 5.96 Å². The SMILES string of the molecule is CCCCN=C(NCCc1ccco1)N1CCC(OCCCOC)CC1. The summed E-state index contributed by atoms with van der Waals surface area (Å²) in [5.41, 5.74) is 0. The summed E-state index contributed by atoms with van der Waals surface area (Å²) in [6.07, 6.45) is 8.34. The number of hydrogen-bond acceptors (Lipinski definition) is 4. The van der Waals surface area contributed by atoms with Crippen LogP contribution in [0, 0.1) is 0 Å². The van der Waals surface area contributed by atoms with Crippen molar-refractivity contribution in [1.29, 1.82) is 0 Å². The minimum absolute atomic E-state index is 0.364. The van der Waals surface area contributed by atoms with Crippen molar-refractivity contribution < 1.29 is 13.9 Å². The predicted octanol–water partition coefficient (Wildman–Crippen LogP) is 3.09. The third-order valence-corrected chi connectivity index (χ3v) is 4.60. The number of furan rings is 1. The first-order valence-electron chi connectivity index (χ1n) is 9.99. The molecule has 1 aliphatic rings. The molecule has 0 unspecified atom stereocenters. The number of aliphatic imine (C=N–C) groups is 1. The summed E-state index contributed by atoms with van der Waals surface area (Å²) >= 11 is 0. The summed E-state index contributed by atoms with van der Waals surface area (Å²) in [5.74, 6) is 2.04. The minimum atomic E-state index is 0.364. The Bertz CT molecular complexity index is 483. The van der Waals surface area contributed by atoms with E-state index in [4.69, 9.17) is 18.9 Å². The predicted molar refractivity (Wildman–Crippen MR) is 105 cm³/mol. The van der Waals surface area contributed by atoms with E-state index in [2.05, 4.69) is 17.1 Å². The maximum Gasteiger partial charge on any atom is 0.193 e. The summed E-state index contributed by atoms with van der Waals surface area (Å²) in [5, 5.41) is 3.52. The van der Waals surface area contributed by atoms with Crippen molar-refractivity contribution in [1.82, 2.24) is 10.2 Å². The second-order valence-corrected chi connectivity index (χ2v) is 6.72. The molecule has 1 fully saturated rings. The molecule has 0 aliphatic carbocycles. The van der Waals surface area contributed by atoms with Gasteiger partial charge in [0, 0.05) is 52.9 Å². The highest BCUT2D eigenvalue weighted by Crippen LogP contribution is 2.14. The number of unbranched alkanes of at least 4 members (excludes halogenated alkanes) is 1. The van der Waals surface area contributed by atoms with Gasteiger partial charge in [0.05, 0.1) is 12.4 Å². The van der Waals surface area contributed by atoms with E-state index in [-0.39, 0.29) is 0 Å². The minimum Gasteiger partial charge on any atom is -0.469 e. The molecule has 1 aromatic heterocycles. The second kappa shape index (κ2) is 12.8. The van der Waals surface area contributed by atoms with Crippen LogP contribution in [0.3, 0.4) is 0 Å². The van der Waals surface area contributed by atoms with Gasteiger partial charge in [-0.15, -0.1) is 0 Å². The van der Waals surface area contributed by atoms with Crippen LogP contribution in [0.1, 0.15) is 44.8 Å². The quantitative estimate of drug-likeness (QED) is 0.371. The second-order valence-electron chi connectivity index (χ2n) is 6.72. The summed E-state index contributed by atoms with van der Waals surface area (Å²) in [6.45, 7) is 7.47. The van der Waals surface area contributed by atoms with Crippen LogP contribution in [0.4, 0.5) is 0 Å². The molecule has 1 saturated heterocycles. The standard InChI is InChI=1S/C20H35N3O3/c1-3-4-11-21-20(22-12-8-18-7-5-16-25-18)23-13-9-19(10-14-23)26-17-6-15-24-2/h5,7,16,19H,3-4,6,8-15,17H2,1-2H3,(H,21,22). The van der Waals surface area contributed by atoms with E-state index in [0.29, 0.717) is 6.10 Å². The molecule has 26 heavy (non-hydrogen) atoms. The van der Waals surface area contributed by atoms with Gasteiger partial charge in [0.2, 0.25) is 0 Å². The zero-order valence-corrected chi connectivity index (χ0v) is 16.4. The molecule has 0 amide bonds. The molecule has 1 aliphatic heterocycles. The summed E-state index contributed by atoms with van der Waals surface area (Å²) < 4.78 is 16.4. The van der Waals surface area contributed by atoms with Crippen molar-refractivity contribution in [3.63, 3.8) is 0 Å². The first-order valence-corrected chi connectivity index (χ1v) is 9.99. The molecule has 148 valence electrons. The summed E-state index contributed by atoms with van der Waals surface area (Å²) in [4.78, 5) is 7.18. The molecular formula is C20H35N3O3. The van der Waals surface area contributed by atoms with Crippen LogP contribution in [-0.4, -0.2) is 63.5 Å². The van der Waals surface area contributed by atoms with Gasteiger partial charge in [-0.05, 0) is 37.8 Å². The highest BCUT2D eigenvalue weighted by molar-refractivity contribution is 5.80. The topological polar surface area (TPSA) is 59.2 Å². The van der Waals surface area contributed by atoms with Gasteiger partial charge < -0.3 is 24.1 Å². The molecule has 1 aromatic rings. The lowest BCUT2D eigenvalue weighted by Crippen LogP contribution is -2.47. The van der Waals surface area contributed by atoms with E-state index in [0.717, 1.165) is 83.2 Å². The van der Waals surface area contributed by atoms with Gasteiger partial charge in [-0.2, -0.15) is 0 Å². The van der Waals surface area contributed by atoms with Crippen LogP contribution in [-0.2, 0) is 15.9 Å². The summed E-state index contributed by atoms with van der Waals surface area (Å²) in [6, 6.07) is 3.95. The van der Waals surface area contributed by atoms with E-state index in [1.165, 1.54) is 6.42 Å². The van der Waals surface area contributed by atoms with Crippen molar-refractivity contribution in [3.05, 3.63) is 24.2 Å². The third-order valence-electron chi connectivity index (χ3n) is 4.60. The van der Waals surface area contributed by atoms with Gasteiger partial charge in [-0.25, -0.2) is 0 Å². The molecule has 0 atom stereocenters. The highest BCUT2D eigenvalue weighted by atomic mass is 16.5. The zero-order chi connectivity index (χ0) is 18.5. The van der Waals surface area contributed by atoms with Crippen LogP contribution >= 0.6 is 0 Å². The van der Waals surface area contributed by atoms with E-state index in [1.807, 2.05) is 12.1 Å². The van der Waals surface area contributed by atoms with Crippen molar-refractivity contribution in [2.75, 3.05) is 46.5 Å². The Morgan fingerprint density at radius 1 is 1.31 bits per heavy atom. The maximum atomic E-state index is 5.96. The van der Waals surface area contributed by atoms with Crippen LogP contribution in [0.5, 0.6) is 0 Å². The number of nitrogens with one attached hydrogen (secondary N) is 1. The lowest BCUT2D eigenvalue weighted by Gasteiger charge is -2.34. The molecule has 6 nitrogen and oxygen atoms in total. The fourth-order valence-electron chi connectivity index (χ4n) is 3.05. The van der Waals surface area contributed by atoms with Gasteiger partial charge in [0.1, 0.15) is 5.76 Å². The van der Waals surface area contributed by atoms with Crippen molar-refractivity contribution in [2.24, 2.45) is 4.99 Å². The van der Waals surface area contributed by atoms with Gasteiger partial charge in [-0.1, -0.05) is 13.3 Å². The van der Waals surface area contributed by atoms with Crippen LogP contribution < -0.4 is 5.32 Å². The fraction of sp³-hybridized carbons (Fsp3) is 0.750. The van der Waals surface area contributed by atoms with Crippen molar-refractivity contribution in [3.8, 4) is 0 Å². The van der Waals surface area contributed by atoms with Gasteiger partial charge in [-0.3, -0.25) is 4.99 Å². The molecule has 0 aromatic carbocycles. The number of piperidine rings is 1. The molecule has 2 rings (SSSR count). The lowest BCUT2D eigenvalue weighted by atomic mass is 10.1. The van der Waals surface area contributed by atoms with Crippen LogP contribution in [0.25, 0.3) is 0 Å². The molecule has 6 heteroatoms. The van der Waals surface area contributed by atoms with Crippen LogP contribution in [0.2, 0.25) is 0 Å². The fourth-order valence-corrected chi connectivity index (χ4v) is 3.05. The Balaban J connectivity index is 1.75.